The van der Waals surface area contributed by atoms with E-state index in [9.17, 15) is 0 Å². The minimum atomic E-state index is 0.240. The molecule has 1 aliphatic rings. The molecular formula is C19H32N2. The van der Waals surface area contributed by atoms with Crippen molar-refractivity contribution in [2.24, 2.45) is 11.7 Å². The number of hydrogen-bond donors (Lipinski definition) is 1. The molecule has 0 amide bonds. The lowest BCUT2D eigenvalue weighted by molar-refractivity contribution is 0.153. The topological polar surface area (TPSA) is 29.3 Å². The largest absolute Gasteiger partial charge is 0.328 e. The number of benzene rings is 1. The number of hydrogen-bond acceptors (Lipinski definition) is 2. The molecule has 1 saturated carbocycles. The first-order valence-corrected chi connectivity index (χ1v) is 8.31. The Morgan fingerprint density at radius 1 is 1.19 bits per heavy atom. The van der Waals surface area contributed by atoms with Crippen molar-refractivity contribution in [3.05, 3.63) is 35.4 Å². The first-order chi connectivity index (χ1) is 9.75. The van der Waals surface area contributed by atoms with Gasteiger partial charge in [-0.1, -0.05) is 45.0 Å². The van der Waals surface area contributed by atoms with Gasteiger partial charge in [0.1, 0.15) is 0 Å². The zero-order valence-corrected chi connectivity index (χ0v) is 14.4. The fourth-order valence-corrected chi connectivity index (χ4v) is 3.16. The van der Waals surface area contributed by atoms with Gasteiger partial charge in [-0.3, -0.25) is 0 Å². The van der Waals surface area contributed by atoms with Gasteiger partial charge in [-0.25, -0.2) is 0 Å². The average molecular weight is 288 g/mol. The fraction of sp³-hybridized carbons (Fsp3) is 0.684. The molecular weight excluding hydrogens is 256 g/mol. The summed E-state index contributed by atoms with van der Waals surface area (Å²) in [5, 5.41) is 0. The monoisotopic (exact) mass is 288 g/mol. The van der Waals surface area contributed by atoms with Crippen molar-refractivity contribution in [3.63, 3.8) is 0 Å². The van der Waals surface area contributed by atoms with E-state index in [1.807, 2.05) is 0 Å². The molecule has 0 radical (unpaired) electrons. The molecule has 0 saturated heterocycles. The van der Waals surface area contributed by atoms with Crippen molar-refractivity contribution < 1.29 is 0 Å². The Morgan fingerprint density at radius 2 is 1.76 bits per heavy atom. The van der Waals surface area contributed by atoms with Crippen LogP contribution in [0.1, 0.15) is 51.7 Å². The third-order valence-electron chi connectivity index (χ3n) is 4.92. The van der Waals surface area contributed by atoms with E-state index in [0.717, 1.165) is 12.3 Å². The van der Waals surface area contributed by atoms with Gasteiger partial charge in [0.25, 0.3) is 0 Å². The van der Waals surface area contributed by atoms with Gasteiger partial charge >= 0.3 is 0 Å². The third kappa shape index (κ3) is 4.55. The second-order valence-corrected chi connectivity index (χ2v) is 8.04. The molecule has 1 aliphatic carbocycles. The van der Waals surface area contributed by atoms with E-state index in [1.165, 1.54) is 30.5 Å². The van der Waals surface area contributed by atoms with E-state index in [1.54, 1.807) is 0 Å². The maximum Gasteiger partial charge on any atom is 0.0104 e. The molecule has 2 N–H and O–H groups in total. The standard InChI is InChI=1S/C19H32N2/c1-14(21(5)13-16-11-18(20)12-16)10-15-6-8-17(9-7-15)19(2,3)4/h6-9,14,16,18H,10-13,20H2,1-5H3/t14?,16-,18-. The summed E-state index contributed by atoms with van der Waals surface area (Å²) >= 11 is 0. The van der Waals surface area contributed by atoms with Crippen LogP contribution in [0.25, 0.3) is 0 Å². The zero-order valence-electron chi connectivity index (χ0n) is 14.4. The van der Waals surface area contributed by atoms with Crippen molar-refractivity contribution >= 4 is 0 Å². The molecule has 2 rings (SSSR count). The predicted molar refractivity (Wildman–Crippen MR) is 91.6 cm³/mol. The molecule has 0 heterocycles. The van der Waals surface area contributed by atoms with Gasteiger partial charge in [-0.2, -0.15) is 0 Å². The van der Waals surface area contributed by atoms with E-state index < -0.39 is 0 Å². The number of nitrogens with zero attached hydrogens (tertiary/aromatic N) is 1. The van der Waals surface area contributed by atoms with Crippen molar-refractivity contribution in [1.29, 1.82) is 0 Å². The van der Waals surface area contributed by atoms with Crippen molar-refractivity contribution in [2.45, 2.75) is 64.5 Å². The normalized spacial score (nSPS) is 24.0. The fourth-order valence-electron chi connectivity index (χ4n) is 3.16. The number of rotatable bonds is 5. The van der Waals surface area contributed by atoms with Gasteiger partial charge in [-0.15, -0.1) is 0 Å². The summed E-state index contributed by atoms with van der Waals surface area (Å²) in [6.45, 7) is 10.3. The lowest BCUT2D eigenvalue weighted by Crippen LogP contribution is -2.44. The third-order valence-corrected chi connectivity index (χ3v) is 4.92. The summed E-state index contributed by atoms with van der Waals surface area (Å²) in [4.78, 5) is 2.49. The summed E-state index contributed by atoms with van der Waals surface area (Å²) in [6.07, 6.45) is 3.54. The summed E-state index contributed by atoms with van der Waals surface area (Å²) in [6, 6.07) is 10.2. The second kappa shape index (κ2) is 6.50. The van der Waals surface area contributed by atoms with E-state index >= 15 is 0 Å². The molecule has 1 fully saturated rings. The Bertz CT molecular complexity index is 438. The van der Waals surface area contributed by atoms with Crippen LogP contribution in [-0.4, -0.2) is 30.6 Å². The van der Waals surface area contributed by atoms with Crippen LogP contribution in [0.5, 0.6) is 0 Å². The molecule has 0 spiro atoms. The van der Waals surface area contributed by atoms with E-state index in [-0.39, 0.29) is 5.41 Å². The van der Waals surface area contributed by atoms with Gasteiger partial charge < -0.3 is 10.6 Å². The highest BCUT2D eigenvalue weighted by atomic mass is 15.1. The van der Waals surface area contributed by atoms with Crippen LogP contribution >= 0.6 is 0 Å². The Hall–Kier alpha value is -0.860. The molecule has 1 atom stereocenters. The Morgan fingerprint density at radius 3 is 2.24 bits per heavy atom. The summed E-state index contributed by atoms with van der Waals surface area (Å²) in [7, 11) is 2.25. The quantitative estimate of drug-likeness (QED) is 0.897. The van der Waals surface area contributed by atoms with Crippen molar-refractivity contribution in [2.75, 3.05) is 13.6 Å². The molecule has 2 heteroatoms. The van der Waals surface area contributed by atoms with Gasteiger partial charge in [0.15, 0.2) is 0 Å². The minimum Gasteiger partial charge on any atom is -0.328 e. The number of nitrogens with two attached hydrogens (primary N) is 1. The second-order valence-electron chi connectivity index (χ2n) is 8.04. The van der Waals surface area contributed by atoms with Crippen molar-refractivity contribution in [3.8, 4) is 0 Å². The Labute approximate surface area is 130 Å². The average Bonchev–Trinajstić information content (AvgIpc) is 2.36. The Balaban J connectivity index is 1.85. The molecule has 2 nitrogen and oxygen atoms in total. The maximum absolute atomic E-state index is 5.87. The first kappa shape index (κ1) is 16.5. The maximum atomic E-state index is 5.87. The number of likely N-dealkylation sites (N-methyl/N-ethyl adjacent to an activating group) is 1. The van der Waals surface area contributed by atoms with Gasteiger partial charge in [-0.05, 0) is 55.7 Å². The SMILES string of the molecule is CC(Cc1ccc(C(C)(C)C)cc1)N(C)C[C@H]1C[C@H](N)C1. The van der Waals surface area contributed by atoms with Crippen molar-refractivity contribution in [1.82, 2.24) is 4.90 Å². The zero-order chi connectivity index (χ0) is 15.6. The van der Waals surface area contributed by atoms with Gasteiger partial charge in [0, 0.05) is 18.6 Å². The van der Waals surface area contributed by atoms with E-state index in [0.29, 0.717) is 12.1 Å². The van der Waals surface area contributed by atoms with Crippen LogP contribution in [0.2, 0.25) is 0 Å². The summed E-state index contributed by atoms with van der Waals surface area (Å²) in [5.41, 5.74) is 8.97. The molecule has 0 aliphatic heterocycles. The van der Waals surface area contributed by atoms with Crippen LogP contribution in [0.4, 0.5) is 0 Å². The van der Waals surface area contributed by atoms with Crippen LogP contribution in [0, 0.1) is 5.92 Å². The molecule has 0 bridgehead atoms. The highest BCUT2D eigenvalue weighted by Gasteiger charge is 2.27. The molecule has 1 aromatic carbocycles. The van der Waals surface area contributed by atoms with Gasteiger partial charge in [0.2, 0.25) is 0 Å². The van der Waals surface area contributed by atoms with E-state index in [2.05, 4.69) is 63.9 Å². The molecule has 0 aromatic heterocycles. The van der Waals surface area contributed by atoms with Crippen LogP contribution in [0.3, 0.4) is 0 Å². The molecule has 21 heavy (non-hydrogen) atoms. The minimum absolute atomic E-state index is 0.240. The highest BCUT2D eigenvalue weighted by Crippen LogP contribution is 2.27. The predicted octanol–water partition coefficient (Wildman–Crippen LogP) is 3.58. The smallest absolute Gasteiger partial charge is 0.0104 e. The molecule has 1 unspecified atom stereocenters. The van der Waals surface area contributed by atoms with Crippen LogP contribution in [-0.2, 0) is 11.8 Å². The Kier molecular flexibility index (Phi) is 5.11. The molecule has 118 valence electrons. The van der Waals surface area contributed by atoms with E-state index in [4.69, 9.17) is 5.73 Å². The molecule has 1 aromatic rings. The summed E-state index contributed by atoms with van der Waals surface area (Å²) in [5.74, 6) is 0.815. The van der Waals surface area contributed by atoms with Crippen LogP contribution < -0.4 is 5.73 Å². The summed E-state index contributed by atoms with van der Waals surface area (Å²) < 4.78 is 0. The lowest BCUT2D eigenvalue weighted by atomic mass is 9.80. The lowest BCUT2D eigenvalue weighted by Gasteiger charge is -2.37. The highest BCUT2D eigenvalue weighted by molar-refractivity contribution is 5.27. The first-order valence-electron chi connectivity index (χ1n) is 8.31. The van der Waals surface area contributed by atoms with Crippen LogP contribution in [0.15, 0.2) is 24.3 Å². The van der Waals surface area contributed by atoms with Gasteiger partial charge in [0.05, 0.1) is 0 Å².